The number of unbranched alkanes of at least 4 members (excludes halogenated alkanes) is 3. The van der Waals surface area contributed by atoms with E-state index in [4.69, 9.17) is 11.0 Å². The first-order valence-electron chi connectivity index (χ1n) is 6.66. The van der Waals surface area contributed by atoms with E-state index in [1.807, 2.05) is 0 Å². The number of carbonyl (C=O) groups is 1. The average molecular weight is 259 g/mol. The third kappa shape index (κ3) is 5.11. The Morgan fingerprint density at radius 1 is 1.21 bits per heavy atom. The molecule has 102 valence electrons. The maximum Gasteiger partial charge on any atom is 0.226 e. The molecule has 0 fully saturated rings. The number of nitriles is 1. The Hall–Kier alpha value is -1.86. The van der Waals surface area contributed by atoms with E-state index in [1.165, 1.54) is 0 Å². The largest absolute Gasteiger partial charge is 0.330 e. The van der Waals surface area contributed by atoms with Crippen molar-refractivity contribution < 1.29 is 4.79 Å². The second kappa shape index (κ2) is 8.28. The van der Waals surface area contributed by atoms with Gasteiger partial charge in [0.25, 0.3) is 0 Å². The van der Waals surface area contributed by atoms with Gasteiger partial charge < -0.3 is 10.6 Å². The minimum Gasteiger partial charge on any atom is -0.330 e. The zero-order valence-electron chi connectivity index (χ0n) is 11.4. The van der Waals surface area contributed by atoms with E-state index in [9.17, 15) is 4.79 Å². The maximum atomic E-state index is 12.0. The van der Waals surface area contributed by atoms with Gasteiger partial charge in [0.1, 0.15) is 0 Å². The highest BCUT2D eigenvalue weighted by molar-refractivity contribution is 5.92. The normalized spacial score (nSPS) is 9.95. The van der Waals surface area contributed by atoms with Crippen molar-refractivity contribution in [3.8, 4) is 6.07 Å². The Bertz CT molecular complexity index is 434. The molecule has 1 amide bonds. The molecule has 19 heavy (non-hydrogen) atoms. The van der Waals surface area contributed by atoms with E-state index in [-0.39, 0.29) is 5.91 Å². The van der Waals surface area contributed by atoms with Crippen LogP contribution in [0.25, 0.3) is 0 Å². The lowest BCUT2D eigenvalue weighted by Gasteiger charge is -2.17. The highest BCUT2D eigenvalue weighted by Crippen LogP contribution is 2.15. The van der Waals surface area contributed by atoms with Crippen molar-refractivity contribution in [1.82, 2.24) is 0 Å². The number of hydrogen-bond donors (Lipinski definition) is 1. The van der Waals surface area contributed by atoms with Crippen LogP contribution in [0.1, 0.15) is 37.7 Å². The summed E-state index contributed by atoms with van der Waals surface area (Å²) in [5, 5.41) is 8.72. The summed E-state index contributed by atoms with van der Waals surface area (Å²) in [6.45, 7) is 0.721. The first-order chi connectivity index (χ1) is 9.19. The number of nitrogens with two attached hydrogens (primary N) is 1. The number of carbonyl (C=O) groups excluding carboxylic acids is 1. The highest BCUT2D eigenvalue weighted by Gasteiger charge is 2.10. The molecular formula is C15H21N3O. The Balaban J connectivity index is 2.41. The minimum absolute atomic E-state index is 0.109. The van der Waals surface area contributed by atoms with Gasteiger partial charge in [0.05, 0.1) is 11.6 Å². The summed E-state index contributed by atoms with van der Waals surface area (Å²) in [4.78, 5) is 13.6. The van der Waals surface area contributed by atoms with Crippen LogP contribution in [0.4, 0.5) is 5.69 Å². The van der Waals surface area contributed by atoms with Gasteiger partial charge in [-0.15, -0.1) is 0 Å². The first-order valence-corrected chi connectivity index (χ1v) is 6.66. The van der Waals surface area contributed by atoms with Gasteiger partial charge >= 0.3 is 0 Å². The fraction of sp³-hybridized carbons (Fsp3) is 0.467. The van der Waals surface area contributed by atoms with E-state index in [1.54, 1.807) is 36.2 Å². The highest BCUT2D eigenvalue weighted by atomic mass is 16.2. The monoisotopic (exact) mass is 259 g/mol. The zero-order valence-corrected chi connectivity index (χ0v) is 11.4. The quantitative estimate of drug-likeness (QED) is 0.764. The van der Waals surface area contributed by atoms with Crippen LogP contribution in [0.15, 0.2) is 24.3 Å². The van der Waals surface area contributed by atoms with Gasteiger partial charge in [0, 0.05) is 19.2 Å². The number of hydrogen-bond acceptors (Lipinski definition) is 3. The Kier molecular flexibility index (Phi) is 6.62. The van der Waals surface area contributed by atoms with Crippen molar-refractivity contribution >= 4 is 11.6 Å². The fourth-order valence-corrected chi connectivity index (χ4v) is 1.85. The van der Waals surface area contributed by atoms with Crippen LogP contribution in [-0.2, 0) is 4.79 Å². The third-order valence-corrected chi connectivity index (χ3v) is 3.10. The topological polar surface area (TPSA) is 70.1 Å². The van der Waals surface area contributed by atoms with Crippen molar-refractivity contribution in [2.45, 2.75) is 32.1 Å². The fourth-order valence-electron chi connectivity index (χ4n) is 1.85. The smallest absolute Gasteiger partial charge is 0.226 e. The molecule has 2 N–H and O–H groups in total. The Labute approximate surface area is 114 Å². The van der Waals surface area contributed by atoms with Gasteiger partial charge in [0.15, 0.2) is 0 Å². The molecule has 1 aromatic carbocycles. The lowest BCUT2D eigenvalue weighted by Crippen LogP contribution is -2.25. The van der Waals surface area contributed by atoms with Crippen LogP contribution in [0.2, 0.25) is 0 Å². The van der Waals surface area contributed by atoms with E-state index >= 15 is 0 Å². The van der Waals surface area contributed by atoms with Gasteiger partial charge in [0.2, 0.25) is 5.91 Å². The van der Waals surface area contributed by atoms with Crippen LogP contribution in [0.3, 0.4) is 0 Å². The lowest BCUT2D eigenvalue weighted by atomic mass is 10.1. The van der Waals surface area contributed by atoms with Gasteiger partial charge in [-0.25, -0.2) is 0 Å². The predicted molar refractivity (Wildman–Crippen MR) is 76.7 cm³/mol. The second-order valence-corrected chi connectivity index (χ2v) is 4.56. The number of nitrogens with zero attached hydrogens (tertiary/aromatic N) is 2. The Morgan fingerprint density at radius 2 is 1.84 bits per heavy atom. The van der Waals surface area contributed by atoms with Crippen LogP contribution in [0, 0.1) is 11.3 Å². The summed E-state index contributed by atoms with van der Waals surface area (Å²) in [6.07, 6.45) is 4.62. The molecule has 0 aliphatic heterocycles. The summed E-state index contributed by atoms with van der Waals surface area (Å²) < 4.78 is 0. The molecule has 0 atom stereocenters. The SMILES string of the molecule is CN(C(=O)CCCCCCN)c1ccc(C#N)cc1. The molecule has 0 aliphatic rings. The summed E-state index contributed by atoms with van der Waals surface area (Å²) in [5.74, 6) is 0.109. The molecule has 0 radical (unpaired) electrons. The molecule has 0 saturated heterocycles. The Morgan fingerprint density at radius 3 is 2.42 bits per heavy atom. The van der Waals surface area contributed by atoms with Crippen molar-refractivity contribution in [2.75, 3.05) is 18.5 Å². The molecule has 4 nitrogen and oxygen atoms in total. The second-order valence-electron chi connectivity index (χ2n) is 4.56. The molecule has 1 aromatic rings. The summed E-state index contributed by atoms with van der Waals surface area (Å²) in [7, 11) is 1.77. The van der Waals surface area contributed by atoms with Crippen molar-refractivity contribution in [2.24, 2.45) is 5.73 Å². The van der Waals surface area contributed by atoms with Crippen LogP contribution >= 0.6 is 0 Å². The predicted octanol–water partition coefficient (Wildman–Crippen LogP) is 2.43. The van der Waals surface area contributed by atoms with E-state index < -0.39 is 0 Å². The number of anilines is 1. The molecule has 0 saturated carbocycles. The summed E-state index contributed by atoms with van der Waals surface area (Å²) in [5.41, 5.74) is 6.85. The average Bonchev–Trinajstić information content (AvgIpc) is 2.46. The van der Waals surface area contributed by atoms with E-state index in [0.717, 1.165) is 37.9 Å². The molecule has 4 heteroatoms. The van der Waals surface area contributed by atoms with Gasteiger partial charge in [-0.1, -0.05) is 12.8 Å². The van der Waals surface area contributed by atoms with Crippen molar-refractivity contribution in [3.63, 3.8) is 0 Å². The molecule has 0 spiro atoms. The van der Waals surface area contributed by atoms with Crippen LogP contribution in [-0.4, -0.2) is 19.5 Å². The van der Waals surface area contributed by atoms with Crippen LogP contribution < -0.4 is 10.6 Å². The molecule has 0 aromatic heterocycles. The van der Waals surface area contributed by atoms with Crippen molar-refractivity contribution in [3.05, 3.63) is 29.8 Å². The molecular weight excluding hydrogens is 238 g/mol. The minimum atomic E-state index is 0.109. The number of rotatable bonds is 7. The van der Waals surface area contributed by atoms with Crippen LogP contribution in [0.5, 0.6) is 0 Å². The molecule has 1 rings (SSSR count). The number of amides is 1. The van der Waals surface area contributed by atoms with E-state index in [2.05, 4.69) is 6.07 Å². The maximum absolute atomic E-state index is 12.0. The molecule has 0 bridgehead atoms. The van der Waals surface area contributed by atoms with Gasteiger partial charge in [-0.05, 0) is 43.7 Å². The zero-order chi connectivity index (χ0) is 14.1. The van der Waals surface area contributed by atoms with Gasteiger partial charge in [-0.3, -0.25) is 4.79 Å². The lowest BCUT2D eigenvalue weighted by molar-refractivity contribution is -0.118. The molecule has 0 heterocycles. The van der Waals surface area contributed by atoms with Gasteiger partial charge in [-0.2, -0.15) is 5.26 Å². The number of benzene rings is 1. The third-order valence-electron chi connectivity index (χ3n) is 3.10. The molecule has 0 aliphatic carbocycles. The standard InChI is InChI=1S/C15H21N3O/c1-18(14-9-7-13(12-17)8-10-14)15(19)6-4-2-3-5-11-16/h7-10H,2-6,11,16H2,1H3. The first kappa shape index (κ1) is 15.2. The van der Waals surface area contributed by atoms with Crippen molar-refractivity contribution in [1.29, 1.82) is 5.26 Å². The molecule has 0 unspecified atom stereocenters. The summed E-state index contributed by atoms with van der Waals surface area (Å²) >= 11 is 0. The van der Waals surface area contributed by atoms with E-state index in [0.29, 0.717) is 12.0 Å². The summed E-state index contributed by atoms with van der Waals surface area (Å²) in [6, 6.07) is 9.10.